The molecule has 2 unspecified atom stereocenters. The number of fused-ring (bicyclic) bond motifs is 1. The van der Waals surface area contributed by atoms with Gasteiger partial charge in [0.25, 0.3) is 17.7 Å². The summed E-state index contributed by atoms with van der Waals surface area (Å²) in [6, 6.07) is 7.19. The van der Waals surface area contributed by atoms with Gasteiger partial charge in [0.2, 0.25) is 11.8 Å². The van der Waals surface area contributed by atoms with Crippen molar-refractivity contribution in [2.24, 2.45) is 13.0 Å². The molecule has 0 bridgehead atoms. The van der Waals surface area contributed by atoms with Gasteiger partial charge in [-0.15, -0.1) is 0 Å². The molecular weight excluding hydrogens is 1040 g/mol. The Labute approximate surface area is 453 Å². The summed E-state index contributed by atoms with van der Waals surface area (Å²) >= 11 is 7.49. The maximum Gasteiger partial charge on any atom is 0.407 e. The second kappa shape index (κ2) is 25.0. The molecule has 25 heteroatoms. The molecule has 5 heterocycles. The van der Waals surface area contributed by atoms with Crippen LogP contribution in [-0.2, 0) is 21.4 Å². The van der Waals surface area contributed by atoms with Crippen LogP contribution in [0.2, 0.25) is 5.02 Å². The van der Waals surface area contributed by atoms with Crippen LogP contribution >= 0.6 is 22.9 Å². The van der Waals surface area contributed by atoms with Crippen molar-refractivity contribution >= 4 is 91.9 Å². The number of rotatable bonds is 18. The molecule has 2 aliphatic heterocycles. The number of carbonyl (C=O) groups is 6. The number of benzene rings is 2. The smallest absolute Gasteiger partial charge is 0.407 e. The number of anilines is 4. The van der Waals surface area contributed by atoms with Crippen LogP contribution in [0.4, 0.5) is 36.0 Å². The Bertz CT molecular complexity index is 2990. The summed E-state index contributed by atoms with van der Waals surface area (Å²) in [6.45, 7) is 9.54. The molecule has 21 nitrogen and oxygen atoms in total. The quantitative estimate of drug-likeness (QED) is 0.0644. The molecule has 8 rings (SSSR count). The molecule has 2 saturated heterocycles. The average Bonchev–Trinajstić information content (AvgIpc) is 4.13. The number of carbonyl (C=O) groups excluding carboxylic acids is 5. The van der Waals surface area contributed by atoms with Crippen LogP contribution in [-0.4, -0.2) is 178 Å². The number of hydrogen-bond donors (Lipinski definition) is 5. The van der Waals surface area contributed by atoms with Crippen LogP contribution in [0, 0.1) is 31.4 Å². The van der Waals surface area contributed by atoms with Crippen molar-refractivity contribution in [2.75, 3.05) is 101 Å². The number of nitrogens with zero attached hydrogens (tertiary/aromatic N) is 9. The van der Waals surface area contributed by atoms with Crippen molar-refractivity contribution in [3.63, 3.8) is 0 Å². The molecule has 2 aromatic carbocycles. The molecule has 77 heavy (non-hydrogen) atoms. The van der Waals surface area contributed by atoms with Gasteiger partial charge in [-0.05, 0) is 57.2 Å². The fourth-order valence-electron chi connectivity index (χ4n) is 9.96. The normalized spacial score (nSPS) is 16.2. The lowest BCUT2D eigenvalue weighted by Gasteiger charge is -2.39. The third kappa shape index (κ3) is 13.2. The summed E-state index contributed by atoms with van der Waals surface area (Å²) in [5, 5.41) is 22.1. The van der Waals surface area contributed by atoms with Crippen molar-refractivity contribution < 1.29 is 47.4 Å². The first kappa shape index (κ1) is 56.2. The van der Waals surface area contributed by atoms with Gasteiger partial charge in [-0.25, -0.2) is 28.5 Å². The molecule has 5 aromatic rings. The van der Waals surface area contributed by atoms with Gasteiger partial charge in [-0.2, -0.15) is 0 Å². The zero-order valence-electron chi connectivity index (χ0n) is 43.7. The Morgan fingerprint density at radius 1 is 0.909 bits per heavy atom. The predicted octanol–water partition coefficient (Wildman–Crippen LogP) is 5.89. The molecule has 2 atom stereocenters. The zero-order chi connectivity index (χ0) is 55.1. The van der Waals surface area contributed by atoms with E-state index < -0.39 is 47.5 Å². The average molecular weight is 1100 g/mol. The number of halogens is 3. The van der Waals surface area contributed by atoms with Gasteiger partial charge < -0.3 is 50.4 Å². The van der Waals surface area contributed by atoms with E-state index in [1.165, 1.54) is 48.0 Å². The zero-order valence-corrected chi connectivity index (χ0v) is 45.2. The largest absolute Gasteiger partial charge is 0.465 e. The van der Waals surface area contributed by atoms with Gasteiger partial charge in [0.1, 0.15) is 40.1 Å². The highest BCUT2D eigenvalue weighted by Crippen LogP contribution is 2.32. The van der Waals surface area contributed by atoms with E-state index in [9.17, 15) is 42.7 Å². The second-order valence-corrected chi connectivity index (χ2v) is 21.0. The number of ether oxygens (including phenoxy) is 1. The molecule has 0 radical (unpaired) electrons. The lowest BCUT2D eigenvalue weighted by molar-refractivity contribution is -0.140. The van der Waals surface area contributed by atoms with Crippen LogP contribution in [0.15, 0.2) is 42.6 Å². The Hall–Kier alpha value is -7.02. The molecule has 6 amide bonds. The lowest BCUT2D eigenvalue weighted by Crippen LogP contribution is -2.59. The van der Waals surface area contributed by atoms with Gasteiger partial charge in [-0.3, -0.25) is 33.8 Å². The van der Waals surface area contributed by atoms with Gasteiger partial charge in [0.15, 0.2) is 16.8 Å². The van der Waals surface area contributed by atoms with Gasteiger partial charge in [-0.1, -0.05) is 54.3 Å². The summed E-state index contributed by atoms with van der Waals surface area (Å²) in [7, 11) is 2.79. The summed E-state index contributed by atoms with van der Waals surface area (Å²) in [5.41, 5.74) is 1.34. The fourth-order valence-corrected chi connectivity index (χ4v) is 10.9. The Balaban J connectivity index is 0.815. The monoisotopic (exact) mass is 1100 g/mol. The van der Waals surface area contributed by atoms with Crippen molar-refractivity contribution in [1.29, 1.82) is 0 Å². The minimum absolute atomic E-state index is 0.0553. The minimum Gasteiger partial charge on any atom is -0.465 e. The van der Waals surface area contributed by atoms with E-state index in [1.807, 2.05) is 32.0 Å². The number of amides is 6. The molecule has 1 aliphatic carbocycles. The number of likely N-dealkylation sites (N-methyl/N-ethyl adjacent to an activating group) is 1. The summed E-state index contributed by atoms with van der Waals surface area (Å²) < 4.78 is 36.7. The first-order valence-electron chi connectivity index (χ1n) is 25.7. The number of thiazole rings is 1. The number of carboxylic acid groups (broad SMARTS) is 1. The third-order valence-electron chi connectivity index (χ3n) is 14.5. The fraction of sp³-hybridized carbons (Fsp3) is 0.481. The van der Waals surface area contributed by atoms with E-state index in [4.69, 9.17) is 16.3 Å². The van der Waals surface area contributed by atoms with E-state index in [0.717, 1.165) is 73.6 Å². The maximum absolute atomic E-state index is 14.8. The molecular formula is C52H64ClF2N13O8S. The standard InChI is InChI=1S/C52H64ClF2N13O8S/c1-30-10-9-13-35(53)43(30)61-47(70)39-29-57-51(77-39)60-40-28-41(59-32(3)58-40)66-17-15-65(16-18-66)23-25-76-24-14-56-48(71)42-34-26-36(54)37(55)27-38(34)64(5)45(42)50(73)68-21-19-67(20-22-68)49(72)44(33-11-7-6-8-12-33)62-46(69)31(2)63(4)52(74)75/h9-10,13,26-29,31,33,44H,6-8,11-12,14-25H2,1-5H3,(H,56,71)(H,61,70)(H,62,69)(H,74,75)(H,57,58,59,60). The van der Waals surface area contributed by atoms with Crippen LogP contribution in [0.1, 0.15) is 80.9 Å². The van der Waals surface area contributed by atoms with Crippen LogP contribution < -0.4 is 26.2 Å². The summed E-state index contributed by atoms with van der Waals surface area (Å²) in [4.78, 5) is 103. The van der Waals surface area contributed by atoms with Gasteiger partial charge >= 0.3 is 6.09 Å². The van der Waals surface area contributed by atoms with E-state index in [2.05, 4.69) is 46.0 Å². The SMILES string of the molecule is Cc1nc(Nc2ncc(C(=O)Nc3c(C)cccc3Cl)s2)cc(N2CCN(CCOCCNC(=O)c3c(C(=O)N4CCN(C(=O)C(NC(=O)C(C)N(C)C(=O)O)C5CCCCC5)CC4)n(C)c4cc(F)c(F)cc34)CC2)n1. The molecule has 0 spiro atoms. The molecule has 412 valence electrons. The van der Waals surface area contributed by atoms with E-state index in [1.54, 1.807) is 11.0 Å². The minimum atomic E-state index is -1.28. The molecule has 5 N–H and O–H groups in total. The summed E-state index contributed by atoms with van der Waals surface area (Å²) in [6.07, 6.45) is 4.46. The van der Waals surface area contributed by atoms with Crippen LogP contribution in [0.3, 0.4) is 0 Å². The number of aromatic nitrogens is 4. The highest BCUT2D eigenvalue weighted by Gasteiger charge is 2.38. The Kier molecular flexibility index (Phi) is 18.2. The number of aryl methyl sites for hydroxylation is 3. The number of nitrogens with one attached hydrogen (secondary N) is 4. The van der Waals surface area contributed by atoms with Gasteiger partial charge in [0, 0.05) is 97.1 Å². The number of piperazine rings is 2. The number of hydrogen-bond acceptors (Lipinski definition) is 14. The first-order chi connectivity index (χ1) is 36.9. The lowest BCUT2D eigenvalue weighted by atomic mass is 9.83. The predicted molar refractivity (Wildman–Crippen MR) is 287 cm³/mol. The second-order valence-electron chi connectivity index (χ2n) is 19.5. The maximum atomic E-state index is 14.8. The topological polar surface area (TPSA) is 240 Å². The third-order valence-corrected chi connectivity index (χ3v) is 15.8. The molecule has 1 saturated carbocycles. The molecule has 3 aromatic heterocycles. The Morgan fingerprint density at radius 2 is 1.61 bits per heavy atom. The van der Waals surface area contributed by atoms with Crippen molar-refractivity contribution in [3.05, 3.63) is 86.8 Å². The highest BCUT2D eigenvalue weighted by atomic mass is 35.5. The number of para-hydroxylation sites is 1. The molecule has 3 fully saturated rings. The van der Waals surface area contributed by atoms with E-state index >= 15 is 0 Å². The van der Waals surface area contributed by atoms with Crippen molar-refractivity contribution in [3.8, 4) is 0 Å². The van der Waals surface area contributed by atoms with Crippen LogP contribution in [0.5, 0.6) is 0 Å². The van der Waals surface area contributed by atoms with Gasteiger partial charge in [0.05, 0.1) is 41.2 Å². The summed E-state index contributed by atoms with van der Waals surface area (Å²) in [5.74, 6) is -3.08. The van der Waals surface area contributed by atoms with E-state index in [0.29, 0.717) is 58.6 Å². The van der Waals surface area contributed by atoms with Crippen LogP contribution in [0.25, 0.3) is 10.9 Å². The molecule has 3 aliphatic rings. The van der Waals surface area contributed by atoms with Crippen molar-refractivity contribution in [2.45, 2.75) is 65.0 Å². The Morgan fingerprint density at radius 3 is 2.31 bits per heavy atom. The van der Waals surface area contributed by atoms with Crippen molar-refractivity contribution in [1.82, 2.24) is 49.8 Å². The van der Waals surface area contributed by atoms with E-state index in [-0.39, 0.29) is 79.2 Å². The highest BCUT2D eigenvalue weighted by molar-refractivity contribution is 7.17. The first-order valence-corrected chi connectivity index (χ1v) is 26.9.